The molecule has 0 spiro atoms. The minimum atomic E-state index is 0.604. The number of benzene rings is 2. The normalized spacial score (nSPS) is 11.1. The maximum Gasteiger partial charge on any atom is 0.227 e. The SMILES string of the molecule is Brc1cccc(-c2nc3ccc(-n4cnnc4)cc3o2)c1. The number of halogens is 1. The molecular formula is C15H9BrN4O. The summed E-state index contributed by atoms with van der Waals surface area (Å²) in [5.74, 6) is 0.604. The molecule has 0 bridgehead atoms. The Hall–Kier alpha value is -2.47. The van der Waals surface area contributed by atoms with Crippen LogP contribution in [-0.4, -0.2) is 19.7 Å². The number of oxazole rings is 1. The fourth-order valence-corrected chi connectivity index (χ4v) is 2.55. The van der Waals surface area contributed by atoms with Gasteiger partial charge in [-0.25, -0.2) is 4.98 Å². The van der Waals surface area contributed by atoms with E-state index < -0.39 is 0 Å². The summed E-state index contributed by atoms with van der Waals surface area (Å²) >= 11 is 3.45. The Morgan fingerprint density at radius 1 is 1.00 bits per heavy atom. The van der Waals surface area contributed by atoms with Crippen molar-refractivity contribution in [1.29, 1.82) is 0 Å². The van der Waals surface area contributed by atoms with Crippen LogP contribution in [0.3, 0.4) is 0 Å². The second-order valence-electron chi connectivity index (χ2n) is 4.55. The lowest BCUT2D eigenvalue weighted by Crippen LogP contribution is -1.88. The van der Waals surface area contributed by atoms with E-state index in [9.17, 15) is 0 Å². The zero-order valence-corrected chi connectivity index (χ0v) is 12.4. The molecule has 0 unspecified atom stereocenters. The van der Waals surface area contributed by atoms with Crippen molar-refractivity contribution in [2.24, 2.45) is 0 Å². The third-order valence-corrected chi connectivity index (χ3v) is 3.65. The highest BCUT2D eigenvalue weighted by Crippen LogP contribution is 2.27. The number of rotatable bonds is 2. The smallest absolute Gasteiger partial charge is 0.227 e. The monoisotopic (exact) mass is 340 g/mol. The first-order valence-electron chi connectivity index (χ1n) is 6.31. The van der Waals surface area contributed by atoms with E-state index in [1.165, 1.54) is 0 Å². The maximum atomic E-state index is 5.86. The van der Waals surface area contributed by atoms with Crippen molar-refractivity contribution in [1.82, 2.24) is 19.7 Å². The second kappa shape index (κ2) is 4.82. The molecule has 0 fully saturated rings. The summed E-state index contributed by atoms with van der Waals surface area (Å²) < 4.78 is 8.67. The van der Waals surface area contributed by atoms with E-state index in [1.54, 1.807) is 12.7 Å². The summed E-state index contributed by atoms with van der Waals surface area (Å²) in [6, 6.07) is 13.7. The molecule has 5 nitrogen and oxygen atoms in total. The highest BCUT2D eigenvalue weighted by Gasteiger charge is 2.09. The Morgan fingerprint density at radius 3 is 2.67 bits per heavy atom. The molecule has 4 aromatic rings. The summed E-state index contributed by atoms with van der Waals surface area (Å²) in [4.78, 5) is 4.52. The minimum Gasteiger partial charge on any atom is -0.436 e. The molecule has 0 radical (unpaired) electrons. The molecule has 0 saturated carbocycles. The zero-order chi connectivity index (χ0) is 14.2. The van der Waals surface area contributed by atoms with Gasteiger partial charge in [0.05, 0.1) is 5.69 Å². The largest absolute Gasteiger partial charge is 0.436 e. The third kappa shape index (κ3) is 2.23. The number of nitrogens with zero attached hydrogens (tertiary/aromatic N) is 4. The molecule has 0 atom stereocenters. The van der Waals surface area contributed by atoms with Gasteiger partial charge in [-0.05, 0) is 30.3 Å². The quantitative estimate of drug-likeness (QED) is 0.556. The van der Waals surface area contributed by atoms with Crippen LogP contribution in [0.5, 0.6) is 0 Å². The van der Waals surface area contributed by atoms with Gasteiger partial charge >= 0.3 is 0 Å². The van der Waals surface area contributed by atoms with E-state index in [0.717, 1.165) is 26.8 Å². The van der Waals surface area contributed by atoms with Gasteiger partial charge in [0.25, 0.3) is 0 Å². The molecule has 4 rings (SSSR count). The van der Waals surface area contributed by atoms with Crippen molar-refractivity contribution in [3.63, 3.8) is 0 Å². The van der Waals surface area contributed by atoms with Crippen molar-refractivity contribution >= 4 is 27.0 Å². The number of hydrogen-bond acceptors (Lipinski definition) is 4. The maximum absolute atomic E-state index is 5.86. The predicted molar refractivity (Wildman–Crippen MR) is 82.1 cm³/mol. The summed E-state index contributed by atoms with van der Waals surface area (Å²) in [5, 5.41) is 7.61. The summed E-state index contributed by atoms with van der Waals surface area (Å²) in [5.41, 5.74) is 3.42. The molecule has 2 aromatic carbocycles. The van der Waals surface area contributed by atoms with Crippen LogP contribution < -0.4 is 0 Å². The van der Waals surface area contributed by atoms with E-state index >= 15 is 0 Å². The lowest BCUT2D eigenvalue weighted by atomic mass is 10.2. The molecule has 6 heteroatoms. The van der Waals surface area contributed by atoms with Crippen molar-refractivity contribution in [3.05, 3.63) is 59.6 Å². The van der Waals surface area contributed by atoms with Crippen molar-refractivity contribution in [2.45, 2.75) is 0 Å². The molecule has 0 aliphatic rings. The molecule has 2 aromatic heterocycles. The van der Waals surface area contributed by atoms with Crippen molar-refractivity contribution < 1.29 is 4.42 Å². The summed E-state index contributed by atoms with van der Waals surface area (Å²) in [6.45, 7) is 0. The Morgan fingerprint density at radius 2 is 1.86 bits per heavy atom. The Bertz CT molecular complexity index is 914. The van der Waals surface area contributed by atoms with E-state index in [-0.39, 0.29) is 0 Å². The van der Waals surface area contributed by atoms with Crippen LogP contribution in [0, 0.1) is 0 Å². The van der Waals surface area contributed by atoms with Gasteiger partial charge in [-0.1, -0.05) is 22.0 Å². The van der Waals surface area contributed by atoms with Crippen molar-refractivity contribution in [3.8, 4) is 17.1 Å². The number of hydrogen-bond donors (Lipinski definition) is 0. The van der Waals surface area contributed by atoms with Crippen LogP contribution in [0.15, 0.2) is 64.0 Å². The van der Waals surface area contributed by atoms with Crippen LogP contribution in [0.1, 0.15) is 0 Å². The first-order valence-corrected chi connectivity index (χ1v) is 7.10. The lowest BCUT2D eigenvalue weighted by Gasteiger charge is -1.98. The highest BCUT2D eigenvalue weighted by molar-refractivity contribution is 9.10. The molecule has 0 saturated heterocycles. The summed E-state index contributed by atoms with van der Waals surface area (Å²) in [6.07, 6.45) is 3.29. The van der Waals surface area contributed by atoms with E-state index in [1.807, 2.05) is 47.0 Å². The van der Waals surface area contributed by atoms with E-state index in [0.29, 0.717) is 5.89 Å². The molecule has 0 N–H and O–H groups in total. The van der Waals surface area contributed by atoms with Gasteiger partial charge in [-0.15, -0.1) is 10.2 Å². The van der Waals surface area contributed by atoms with Gasteiger partial charge in [0.1, 0.15) is 18.2 Å². The molecular weight excluding hydrogens is 332 g/mol. The fourth-order valence-electron chi connectivity index (χ4n) is 2.15. The van der Waals surface area contributed by atoms with Crippen LogP contribution in [-0.2, 0) is 0 Å². The van der Waals surface area contributed by atoms with Crippen LogP contribution in [0.4, 0.5) is 0 Å². The first kappa shape index (κ1) is 12.3. The second-order valence-corrected chi connectivity index (χ2v) is 5.47. The van der Waals surface area contributed by atoms with Gasteiger partial charge in [0.15, 0.2) is 5.58 Å². The van der Waals surface area contributed by atoms with Gasteiger partial charge in [-0.3, -0.25) is 4.57 Å². The summed E-state index contributed by atoms with van der Waals surface area (Å²) in [7, 11) is 0. The molecule has 0 aliphatic heterocycles. The fraction of sp³-hybridized carbons (Fsp3) is 0. The van der Waals surface area contributed by atoms with Gasteiger partial charge in [-0.2, -0.15) is 0 Å². The van der Waals surface area contributed by atoms with Crippen molar-refractivity contribution in [2.75, 3.05) is 0 Å². The highest BCUT2D eigenvalue weighted by atomic mass is 79.9. The lowest BCUT2D eigenvalue weighted by molar-refractivity contribution is 0.619. The molecule has 102 valence electrons. The van der Waals surface area contributed by atoms with Crippen LogP contribution in [0.25, 0.3) is 28.2 Å². The van der Waals surface area contributed by atoms with Gasteiger partial charge < -0.3 is 4.42 Å². The molecule has 21 heavy (non-hydrogen) atoms. The predicted octanol–water partition coefficient (Wildman–Crippen LogP) is 3.84. The van der Waals surface area contributed by atoms with E-state index in [2.05, 4.69) is 31.1 Å². The topological polar surface area (TPSA) is 56.7 Å². The number of fused-ring (bicyclic) bond motifs is 1. The average Bonchev–Trinajstić information content (AvgIpc) is 3.16. The minimum absolute atomic E-state index is 0.604. The molecule has 0 amide bonds. The van der Waals surface area contributed by atoms with Gasteiger partial charge in [0, 0.05) is 16.1 Å². The first-order chi connectivity index (χ1) is 10.3. The van der Waals surface area contributed by atoms with Crippen LogP contribution >= 0.6 is 15.9 Å². The standard InChI is InChI=1S/C15H9BrN4O/c16-11-3-1-2-10(6-11)15-19-13-5-4-12(7-14(13)21-15)20-8-17-18-9-20/h1-9H. The average molecular weight is 341 g/mol. The van der Waals surface area contributed by atoms with Crippen LogP contribution in [0.2, 0.25) is 0 Å². The Labute approximate surface area is 128 Å². The molecule has 0 aliphatic carbocycles. The Balaban J connectivity index is 1.83. The Kier molecular flexibility index (Phi) is 2.82. The third-order valence-electron chi connectivity index (χ3n) is 3.16. The number of aromatic nitrogens is 4. The van der Waals surface area contributed by atoms with E-state index in [4.69, 9.17) is 4.42 Å². The van der Waals surface area contributed by atoms with Gasteiger partial charge in [0.2, 0.25) is 5.89 Å². The molecule has 2 heterocycles. The zero-order valence-electron chi connectivity index (χ0n) is 10.8.